The van der Waals surface area contributed by atoms with E-state index in [2.05, 4.69) is 10.1 Å². The lowest BCUT2D eigenvalue weighted by Crippen LogP contribution is -2.13. The normalized spacial score (nSPS) is 12.8. The second-order valence-electron chi connectivity index (χ2n) is 3.48. The molecule has 16 heavy (non-hydrogen) atoms. The molecule has 0 aliphatic rings. The molecule has 5 nitrogen and oxygen atoms in total. The molecule has 0 saturated heterocycles. The van der Waals surface area contributed by atoms with E-state index >= 15 is 0 Å². The maximum atomic E-state index is 6.17. The van der Waals surface area contributed by atoms with Gasteiger partial charge in [-0.3, -0.25) is 0 Å². The van der Waals surface area contributed by atoms with Gasteiger partial charge >= 0.3 is 0 Å². The van der Waals surface area contributed by atoms with Crippen molar-refractivity contribution in [2.45, 2.75) is 13.0 Å². The Morgan fingerprint density at radius 2 is 2.31 bits per heavy atom. The molecule has 86 valence electrons. The quantitative estimate of drug-likeness (QED) is 0.873. The Bertz CT molecular complexity index is 477. The van der Waals surface area contributed by atoms with Crippen LogP contribution in [0.1, 0.15) is 22.3 Å². The second kappa shape index (κ2) is 4.23. The number of ether oxygens (including phenoxy) is 1. The van der Waals surface area contributed by atoms with E-state index in [9.17, 15) is 0 Å². The maximum absolute atomic E-state index is 6.17. The number of nitrogens with zero attached hydrogens (tertiary/aromatic N) is 3. The maximum Gasteiger partial charge on any atom is 0.216 e. The van der Waals surface area contributed by atoms with Crippen LogP contribution in [-0.4, -0.2) is 21.9 Å². The fraction of sp³-hybridized carbons (Fsp3) is 0.400. The van der Waals surface area contributed by atoms with Crippen molar-refractivity contribution in [2.75, 3.05) is 7.11 Å². The first-order valence-corrected chi connectivity index (χ1v) is 5.75. The molecule has 0 radical (unpaired) electrons. The van der Waals surface area contributed by atoms with E-state index in [4.69, 9.17) is 10.5 Å². The van der Waals surface area contributed by atoms with Gasteiger partial charge < -0.3 is 10.5 Å². The molecule has 6 heteroatoms. The Hall–Kier alpha value is -1.40. The largest absolute Gasteiger partial charge is 0.481 e. The predicted octanol–water partition coefficient (Wildman–Crippen LogP) is 1.24. The number of methoxy groups -OCH3 is 1. The van der Waals surface area contributed by atoms with Crippen LogP contribution in [0.3, 0.4) is 0 Å². The van der Waals surface area contributed by atoms with Crippen molar-refractivity contribution in [3.8, 4) is 5.88 Å². The summed E-state index contributed by atoms with van der Waals surface area (Å²) in [5.41, 5.74) is 7.95. The number of thiazole rings is 1. The van der Waals surface area contributed by atoms with Crippen LogP contribution in [0, 0.1) is 6.92 Å². The standard InChI is InChI=1S/C10H14N4OS/c1-6-7(10(15-3)14(2)13-6)8(11)9-12-4-5-16-9/h4-5,8H,11H2,1-3H3. The fourth-order valence-electron chi connectivity index (χ4n) is 1.77. The van der Waals surface area contributed by atoms with Crippen LogP contribution < -0.4 is 10.5 Å². The van der Waals surface area contributed by atoms with Crippen molar-refractivity contribution in [2.24, 2.45) is 12.8 Å². The molecule has 2 aromatic heterocycles. The summed E-state index contributed by atoms with van der Waals surface area (Å²) < 4.78 is 7.01. The zero-order valence-corrected chi connectivity index (χ0v) is 10.3. The monoisotopic (exact) mass is 238 g/mol. The summed E-state index contributed by atoms with van der Waals surface area (Å²) in [6.45, 7) is 1.92. The third-order valence-electron chi connectivity index (χ3n) is 2.44. The van der Waals surface area contributed by atoms with E-state index in [-0.39, 0.29) is 6.04 Å². The van der Waals surface area contributed by atoms with Crippen LogP contribution in [0.5, 0.6) is 5.88 Å². The van der Waals surface area contributed by atoms with Gasteiger partial charge in [0, 0.05) is 18.6 Å². The summed E-state index contributed by atoms with van der Waals surface area (Å²) in [5.74, 6) is 0.695. The first-order chi connectivity index (χ1) is 7.65. The SMILES string of the molecule is COc1c(C(N)c2nccs2)c(C)nn1C. The van der Waals surface area contributed by atoms with Gasteiger partial charge in [-0.25, -0.2) is 9.67 Å². The average molecular weight is 238 g/mol. The highest BCUT2D eigenvalue weighted by atomic mass is 32.1. The Kier molecular flexibility index (Phi) is 2.93. The molecule has 0 aliphatic heterocycles. The van der Waals surface area contributed by atoms with Crippen LogP contribution in [0.15, 0.2) is 11.6 Å². The molecule has 1 unspecified atom stereocenters. The number of hydrogen-bond acceptors (Lipinski definition) is 5. The zero-order chi connectivity index (χ0) is 11.7. The summed E-state index contributed by atoms with van der Waals surface area (Å²) in [4.78, 5) is 4.22. The molecule has 2 rings (SSSR count). The number of aryl methyl sites for hydroxylation is 2. The molecule has 0 bridgehead atoms. The molecule has 0 saturated carbocycles. The minimum atomic E-state index is -0.274. The van der Waals surface area contributed by atoms with Crippen molar-refractivity contribution in [1.29, 1.82) is 0 Å². The lowest BCUT2D eigenvalue weighted by atomic mass is 10.1. The first kappa shape index (κ1) is 11.1. The molecule has 0 spiro atoms. The van der Waals surface area contributed by atoms with Gasteiger partial charge in [-0.1, -0.05) is 0 Å². The van der Waals surface area contributed by atoms with E-state index in [0.29, 0.717) is 5.88 Å². The van der Waals surface area contributed by atoms with Crippen molar-refractivity contribution in [1.82, 2.24) is 14.8 Å². The Morgan fingerprint density at radius 3 is 2.88 bits per heavy atom. The van der Waals surface area contributed by atoms with Gasteiger partial charge in [0.2, 0.25) is 5.88 Å². The zero-order valence-electron chi connectivity index (χ0n) is 9.47. The Labute approximate surface area is 97.9 Å². The molecule has 0 aromatic carbocycles. The van der Waals surface area contributed by atoms with Crippen LogP contribution in [-0.2, 0) is 7.05 Å². The summed E-state index contributed by atoms with van der Waals surface area (Å²) in [7, 11) is 3.46. The fourth-order valence-corrected chi connectivity index (χ4v) is 2.41. The van der Waals surface area contributed by atoms with Gasteiger partial charge in [0.25, 0.3) is 0 Å². The Balaban J connectivity index is 2.47. The number of nitrogens with two attached hydrogens (primary N) is 1. The smallest absolute Gasteiger partial charge is 0.216 e. The minimum Gasteiger partial charge on any atom is -0.481 e. The van der Waals surface area contributed by atoms with Gasteiger partial charge in [-0.05, 0) is 6.92 Å². The Morgan fingerprint density at radius 1 is 1.56 bits per heavy atom. The van der Waals surface area contributed by atoms with Crippen LogP contribution >= 0.6 is 11.3 Å². The second-order valence-corrected chi connectivity index (χ2v) is 4.41. The van der Waals surface area contributed by atoms with Gasteiger partial charge in [0.1, 0.15) is 5.01 Å². The summed E-state index contributed by atoms with van der Waals surface area (Å²) >= 11 is 1.53. The van der Waals surface area contributed by atoms with E-state index in [0.717, 1.165) is 16.3 Å². The molecular weight excluding hydrogens is 224 g/mol. The van der Waals surface area contributed by atoms with Gasteiger partial charge in [0.05, 0.1) is 24.4 Å². The van der Waals surface area contributed by atoms with Crippen LogP contribution in [0.4, 0.5) is 0 Å². The van der Waals surface area contributed by atoms with E-state index in [1.54, 1.807) is 18.0 Å². The first-order valence-electron chi connectivity index (χ1n) is 4.87. The molecule has 0 aliphatic carbocycles. The molecule has 0 fully saturated rings. The number of aromatic nitrogens is 3. The highest BCUT2D eigenvalue weighted by Gasteiger charge is 2.23. The summed E-state index contributed by atoms with van der Waals surface area (Å²) in [6.07, 6.45) is 1.75. The number of hydrogen-bond donors (Lipinski definition) is 1. The molecule has 1 atom stereocenters. The molecule has 0 amide bonds. The lowest BCUT2D eigenvalue weighted by Gasteiger charge is -2.10. The van der Waals surface area contributed by atoms with Crippen molar-refractivity contribution in [3.05, 3.63) is 27.8 Å². The van der Waals surface area contributed by atoms with Crippen LogP contribution in [0.2, 0.25) is 0 Å². The predicted molar refractivity (Wildman–Crippen MR) is 62.6 cm³/mol. The van der Waals surface area contributed by atoms with Gasteiger partial charge in [0.15, 0.2) is 0 Å². The molecule has 2 aromatic rings. The van der Waals surface area contributed by atoms with E-state index in [1.807, 2.05) is 19.4 Å². The number of rotatable bonds is 3. The summed E-state index contributed by atoms with van der Waals surface area (Å²) in [6, 6.07) is -0.274. The van der Waals surface area contributed by atoms with Crippen molar-refractivity contribution < 1.29 is 4.74 Å². The topological polar surface area (TPSA) is 66.0 Å². The van der Waals surface area contributed by atoms with E-state index in [1.165, 1.54) is 11.3 Å². The molecule has 2 heterocycles. The minimum absolute atomic E-state index is 0.274. The highest BCUT2D eigenvalue weighted by Crippen LogP contribution is 2.31. The van der Waals surface area contributed by atoms with E-state index < -0.39 is 0 Å². The van der Waals surface area contributed by atoms with Crippen molar-refractivity contribution in [3.63, 3.8) is 0 Å². The van der Waals surface area contributed by atoms with Crippen LogP contribution in [0.25, 0.3) is 0 Å². The third kappa shape index (κ3) is 1.70. The van der Waals surface area contributed by atoms with Gasteiger partial charge in [-0.2, -0.15) is 5.10 Å². The third-order valence-corrected chi connectivity index (χ3v) is 3.29. The average Bonchev–Trinajstić information content (AvgIpc) is 2.84. The highest BCUT2D eigenvalue weighted by molar-refractivity contribution is 7.09. The van der Waals surface area contributed by atoms with Gasteiger partial charge in [-0.15, -0.1) is 11.3 Å². The lowest BCUT2D eigenvalue weighted by molar-refractivity contribution is 0.368. The molecule has 2 N–H and O–H groups in total. The summed E-state index contributed by atoms with van der Waals surface area (Å²) in [5, 5.41) is 7.08. The van der Waals surface area contributed by atoms with Crippen molar-refractivity contribution >= 4 is 11.3 Å². The molecular formula is C10H14N4OS.